The van der Waals surface area contributed by atoms with Crippen LogP contribution in [0.25, 0.3) is 0 Å². The van der Waals surface area contributed by atoms with Crippen molar-refractivity contribution in [2.75, 3.05) is 44.7 Å². The molecular weight excluding hydrogens is 361 g/mol. The fourth-order valence-corrected chi connectivity index (χ4v) is 3.20. The average Bonchev–Trinajstić information content (AvgIpc) is 2.88. The first-order valence-electron chi connectivity index (χ1n) is 9.19. The lowest BCUT2D eigenvalue weighted by molar-refractivity contribution is -0.143. The van der Waals surface area contributed by atoms with Crippen molar-refractivity contribution in [3.8, 4) is 11.5 Å². The van der Waals surface area contributed by atoms with Crippen molar-refractivity contribution in [2.45, 2.75) is 32.0 Å². The molecule has 0 aliphatic carbocycles. The molecule has 6 nitrogen and oxygen atoms in total. The first kappa shape index (κ1) is 19.6. The highest BCUT2D eigenvalue weighted by atomic mass is 19.4. The first-order chi connectivity index (χ1) is 12.9. The summed E-state index contributed by atoms with van der Waals surface area (Å²) in [7, 11) is 0. The van der Waals surface area contributed by atoms with Gasteiger partial charge in [-0.05, 0) is 25.5 Å². The molecule has 2 aliphatic rings. The summed E-state index contributed by atoms with van der Waals surface area (Å²) in [6.45, 7) is 3.56. The zero-order valence-electron chi connectivity index (χ0n) is 15.3. The third kappa shape index (κ3) is 5.92. The number of hydrogen-bond acceptors (Lipinski definition) is 4. The van der Waals surface area contributed by atoms with Gasteiger partial charge in [0.05, 0.1) is 19.8 Å². The molecule has 0 saturated carbocycles. The van der Waals surface area contributed by atoms with E-state index in [1.807, 2.05) is 25.1 Å². The van der Waals surface area contributed by atoms with Crippen LogP contribution in [-0.4, -0.2) is 62.5 Å². The number of anilines is 1. The number of halogens is 3. The molecule has 0 radical (unpaired) electrons. The van der Waals surface area contributed by atoms with Gasteiger partial charge in [0.25, 0.3) is 0 Å². The maximum absolute atomic E-state index is 12.6. The predicted molar refractivity (Wildman–Crippen MR) is 97.7 cm³/mol. The van der Waals surface area contributed by atoms with Gasteiger partial charge < -0.3 is 20.1 Å². The monoisotopic (exact) mass is 386 g/mol. The zero-order valence-corrected chi connectivity index (χ0v) is 15.3. The Hall–Kier alpha value is -2.16. The molecule has 0 aromatic heterocycles. The third-order valence-electron chi connectivity index (χ3n) is 4.34. The molecule has 1 unspecified atom stereocenters. The molecule has 0 spiro atoms. The molecule has 1 atom stereocenters. The van der Waals surface area contributed by atoms with Crippen molar-refractivity contribution in [2.24, 2.45) is 4.99 Å². The van der Waals surface area contributed by atoms with Gasteiger partial charge >= 0.3 is 6.18 Å². The van der Waals surface area contributed by atoms with Crippen LogP contribution < -0.4 is 20.1 Å². The number of ether oxygens (including phenoxy) is 2. The molecule has 1 aromatic carbocycles. The van der Waals surface area contributed by atoms with E-state index in [2.05, 4.69) is 15.6 Å². The number of guanidine groups is 1. The fourth-order valence-electron chi connectivity index (χ4n) is 3.20. The van der Waals surface area contributed by atoms with E-state index in [0.29, 0.717) is 56.7 Å². The molecule has 2 N–H and O–H groups in total. The Kier molecular flexibility index (Phi) is 6.30. The maximum Gasteiger partial charge on any atom is 0.401 e. The van der Waals surface area contributed by atoms with Crippen molar-refractivity contribution >= 4 is 11.6 Å². The van der Waals surface area contributed by atoms with Crippen molar-refractivity contribution < 1.29 is 22.6 Å². The van der Waals surface area contributed by atoms with Crippen molar-refractivity contribution in [3.63, 3.8) is 0 Å². The van der Waals surface area contributed by atoms with Gasteiger partial charge in [0.15, 0.2) is 17.5 Å². The summed E-state index contributed by atoms with van der Waals surface area (Å²) in [5.41, 5.74) is 0.782. The van der Waals surface area contributed by atoms with E-state index in [0.717, 1.165) is 12.1 Å². The molecule has 1 fully saturated rings. The quantitative estimate of drug-likeness (QED) is 0.616. The van der Waals surface area contributed by atoms with Gasteiger partial charge in [-0.1, -0.05) is 0 Å². The molecule has 27 heavy (non-hydrogen) atoms. The second-order valence-corrected chi connectivity index (χ2v) is 6.64. The highest BCUT2D eigenvalue weighted by Gasteiger charge is 2.34. The van der Waals surface area contributed by atoms with Crippen LogP contribution in [0.5, 0.6) is 11.5 Å². The minimum Gasteiger partial charge on any atom is -0.490 e. The van der Waals surface area contributed by atoms with E-state index in [1.54, 1.807) is 0 Å². The number of nitrogens with one attached hydrogen (secondary N) is 2. The molecule has 1 saturated heterocycles. The van der Waals surface area contributed by atoms with Gasteiger partial charge in [0, 0.05) is 43.9 Å². The number of fused-ring (bicyclic) bond motifs is 1. The SMILES string of the molecule is CCN=C(Nc1ccc2c(c1)OCCCO2)NC1CCN(CC(F)(F)F)C1. The lowest BCUT2D eigenvalue weighted by Crippen LogP contribution is -2.42. The highest BCUT2D eigenvalue weighted by molar-refractivity contribution is 5.94. The van der Waals surface area contributed by atoms with Crippen molar-refractivity contribution in [1.29, 1.82) is 0 Å². The molecular formula is C18H25F3N4O2. The van der Waals surface area contributed by atoms with Gasteiger partial charge in [-0.25, -0.2) is 0 Å². The Bertz CT molecular complexity index is 666. The van der Waals surface area contributed by atoms with Gasteiger partial charge in [0.1, 0.15) is 0 Å². The summed E-state index contributed by atoms with van der Waals surface area (Å²) in [5.74, 6) is 1.93. The number of likely N-dealkylation sites (tertiary alicyclic amines) is 1. The summed E-state index contributed by atoms with van der Waals surface area (Å²) in [4.78, 5) is 5.81. The summed E-state index contributed by atoms with van der Waals surface area (Å²) in [6.07, 6.45) is -2.70. The van der Waals surface area contributed by atoms with Crippen LogP contribution in [0.2, 0.25) is 0 Å². The smallest absolute Gasteiger partial charge is 0.401 e. The number of nitrogens with zero attached hydrogens (tertiary/aromatic N) is 2. The second-order valence-electron chi connectivity index (χ2n) is 6.64. The number of hydrogen-bond donors (Lipinski definition) is 2. The topological polar surface area (TPSA) is 58.1 Å². The van der Waals surface area contributed by atoms with Gasteiger partial charge in [-0.3, -0.25) is 9.89 Å². The summed E-state index contributed by atoms with van der Waals surface area (Å²) >= 11 is 0. The minimum absolute atomic E-state index is 0.0782. The molecule has 1 aromatic rings. The Morgan fingerprint density at radius 3 is 2.78 bits per heavy atom. The molecule has 2 aliphatic heterocycles. The number of benzene rings is 1. The van der Waals surface area contributed by atoms with Crippen LogP contribution in [0, 0.1) is 0 Å². The Balaban J connectivity index is 1.60. The lowest BCUT2D eigenvalue weighted by Gasteiger charge is -2.20. The van der Waals surface area contributed by atoms with Crippen LogP contribution in [0.1, 0.15) is 19.8 Å². The summed E-state index contributed by atoms with van der Waals surface area (Å²) in [5, 5.41) is 6.43. The summed E-state index contributed by atoms with van der Waals surface area (Å²) < 4.78 is 49.0. The minimum atomic E-state index is -4.17. The van der Waals surface area contributed by atoms with Crippen LogP contribution in [0.3, 0.4) is 0 Å². The van der Waals surface area contributed by atoms with E-state index in [4.69, 9.17) is 9.47 Å². The molecule has 2 heterocycles. The largest absolute Gasteiger partial charge is 0.490 e. The molecule has 0 amide bonds. The van der Waals surface area contributed by atoms with Gasteiger partial charge in [0.2, 0.25) is 0 Å². The lowest BCUT2D eigenvalue weighted by atomic mass is 10.2. The Morgan fingerprint density at radius 1 is 1.26 bits per heavy atom. The van der Waals surface area contributed by atoms with E-state index in [1.165, 1.54) is 4.90 Å². The van der Waals surface area contributed by atoms with Gasteiger partial charge in [-0.15, -0.1) is 0 Å². The van der Waals surface area contributed by atoms with Crippen LogP contribution in [0.15, 0.2) is 23.2 Å². The van der Waals surface area contributed by atoms with Crippen molar-refractivity contribution in [3.05, 3.63) is 18.2 Å². The Labute approximate surface area is 156 Å². The predicted octanol–water partition coefficient (Wildman–Crippen LogP) is 2.86. The highest BCUT2D eigenvalue weighted by Crippen LogP contribution is 2.32. The Morgan fingerprint density at radius 2 is 2.04 bits per heavy atom. The summed E-state index contributed by atoms with van der Waals surface area (Å²) in [6, 6.07) is 5.47. The van der Waals surface area contributed by atoms with Crippen LogP contribution in [-0.2, 0) is 0 Å². The molecule has 3 rings (SSSR count). The van der Waals surface area contributed by atoms with E-state index < -0.39 is 12.7 Å². The van der Waals surface area contributed by atoms with Crippen LogP contribution >= 0.6 is 0 Å². The first-order valence-corrected chi connectivity index (χ1v) is 9.19. The number of alkyl halides is 3. The van der Waals surface area contributed by atoms with E-state index in [9.17, 15) is 13.2 Å². The maximum atomic E-state index is 12.6. The number of rotatable bonds is 4. The second kappa shape index (κ2) is 8.69. The third-order valence-corrected chi connectivity index (χ3v) is 4.34. The average molecular weight is 386 g/mol. The standard InChI is InChI=1S/C18H25F3N4O2/c1-2-22-17(24-14-6-7-25(11-14)12-18(19,20)21)23-13-4-5-15-16(10-13)27-9-3-8-26-15/h4-5,10,14H,2-3,6-9,11-12H2,1H3,(H2,22,23,24). The molecule has 150 valence electrons. The molecule has 9 heteroatoms. The number of aliphatic imine (C=N–C) groups is 1. The van der Waals surface area contributed by atoms with Gasteiger partial charge in [-0.2, -0.15) is 13.2 Å². The normalized spacial score (nSPS) is 21.0. The zero-order chi connectivity index (χ0) is 19.3. The molecule has 0 bridgehead atoms. The van der Waals surface area contributed by atoms with E-state index in [-0.39, 0.29) is 6.04 Å². The van der Waals surface area contributed by atoms with Crippen molar-refractivity contribution in [1.82, 2.24) is 10.2 Å². The van der Waals surface area contributed by atoms with Crippen LogP contribution in [0.4, 0.5) is 18.9 Å². The van der Waals surface area contributed by atoms with E-state index >= 15 is 0 Å². The fraction of sp³-hybridized carbons (Fsp3) is 0.611.